The Bertz CT molecular complexity index is 193. The highest BCUT2D eigenvalue weighted by atomic mass is 16.2. The topological polar surface area (TPSA) is 58.4 Å². The maximum Gasteiger partial charge on any atom is 0.237 e. The lowest BCUT2D eigenvalue weighted by atomic mass is 9.99. The van der Waals surface area contributed by atoms with Gasteiger partial charge >= 0.3 is 0 Å². The zero-order chi connectivity index (χ0) is 12.6. The van der Waals surface area contributed by atoms with E-state index in [4.69, 9.17) is 5.73 Å². The summed E-state index contributed by atoms with van der Waals surface area (Å²) in [7, 11) is 0. The molecule has 0 aromatic carbocycles. The lowest BCUT2D eigenvalue weighted by molar-refractivity contribution is -0.123. The third-order valence-corrected chi connectivity index (χ3v) is 3.18. The number of likely N-dealkylation sites (N-methyl/N-ethyl adjacent to an activating group) is 1. The van der Waals surface area contributed by atoms with Gasteiger partial charge in [-0.15, -0.1) is 0 Å². The van der Waals surface area contributed by atoms with E-state index in [1.165, 1.54) is 0 Å². The molecule has 0 saturated carbocycles. The molecule has 4 nitrogen and oxygen atoms in total. The summed E-state index contributed by atoms with van der Waals surface area (Å²) >= 11 is 0. The highest BCUT2D eigenvalue weighted by Gasteiger charge is 2.18. The summed E-state index contributed by atoms with van der Waals surface area (Å²) in [6.07, 6.45) is 0.935. The fraction of sp³-hybridized carbons (Fsp3) is 0.917. The van der Waals surface area contributed by atoms with Crippen molar-refractivity contribution in [2.45, 2.75) is 40.2 Å². The number of nitrogens with two attached hydrogens (primary N) is 1. The van der Waals surface area contributed by atoms with Crippen LogP contribution in [0.2, 0.25) is 0 Å². The Morgan fingerprint density at radius 2 is 1.88 bits per heavy atom. The van der Waals surface area contributed by atoms with Crippen LogP contribution in [0.15, 0.2) is 0 Å². The number of hydrogen-bond acceptors (Lipinski definition) is 3. The largest absolute Gasteiger partial charge is 0.353 e. The second-order valence-corrected chi connectivity index (χ2v) is 4.23. The van der Waals surface area contributed by atoms with Crippen LogP contribution in [0.25, 0.3) is 0 Å². The van der Waals surface area contributed by atoms with Gasteiger partial charge in [-0.25, -0.2) is 0 Å². The molecule has 2 unspecified atom stereocenters. The van der Waals surface area contributed by atoms with Gasteiger partial charge in [-0.2, -0.15) is 0 Å². The molecule has 16 heavy (non-hydrogen) atoms. The molecule has 4 heteroatoms. The Hall–Kier alpha value is -0.610. The van der Waals surface area contributed by atoms with Crippen molar-refractivity contribution in [2.24, 2.45) is 11.7 Å². The van der Waals surface area contributed by atoms with Crippen LogP contribution >= 0.6 is 0 Å². The lowest BCUT2D eigenvalue weighted by Gasteiger charge is -2.21. The Labute approximate surface area is 99.6 Å². The first kappa shape index (κ1) is 15.4. The standard InChI is InChI=1S/C12H27N3O/c1-5-10(4)11(13)12(16)14-8-9-15(6-2)7-3/h10-11H,5-9,13H2,1-4H3,(H,14,16). The quantitative estimate of drug-likeness (QED) is 0.648. The molecule has 0 bridgehead atoms. The molecule has 0 spiro atoms. The molecule has 0 aromatic heterocycles. The van der Waals surface area contributed by atoms with Crippen molar-refractivity contribution < 1.29 is 4.79 Å². The van der Waals surface area contributed by atoms with Gasteiger partial charge in [0.1, 0.15) is 0 Å². The van der Waals surface area contributed by atoms with Crippen LogP contribution in [0.3, 0.4) is 0 Å². The molecule has 3 N–H and O–H groups in total. The minimum absolute atomic E-state index is 0.0264. The molecule has 0 aromatic rings. The summed E-state index contributed by atoms with van der Waals surface area (Å²) in [5.41, 5.74) is 5.83. The average molecular weight is 229 g/mol. The van der Waals surface area contributed by atoms with E-state index in [0.29, 0.717) is 6.54 Å². The number of carbonyl (C=O) groups excluding carboxylic acids is 1. The predicted molar refractivity (Wildman–Crippen MR) is 68.2 cm³/mol. The second-order valence-electron chi connectivity index (χ2n) is 4.23. The van der Waals surface area contributed by atoms with E-state index in [2.05, 4.69) is 24.1 Å². The van der Waals surface area contributed by atoms with Gasteiger partial charge in [-0.3, -0.25) is 4.79 Å². The normalized spacial score (nSPS) is 14.9. The van der Waals surface area contributed by atoms with Crippen molar-refractivity contribution in [1.29, 1.82) is 0 Å². The van der Waals surface area contributed by atoms with Crippen LogP contribution in [-0.2, 0) is 4.79 Å². The van der Waals surface area contributed by atoms with E-state index in [0.717, 1.165) is 26.1 Å². The molecule has 0 fully saturated rings. The highest BCUT2D eigenvalue weighted by Crippen LogP contribution is 2.04. The van der Waals surface area contributed by atoms with Gasteiger partial charge in [0, 0.05) is 13.1 Å². The fourth-order valence-corrected chi connectivity index (χ4v) is 1.51. The third kappa shape index (κ3) is 5.47. The molecule has 96 valence electrons. The number of amides is 1. The number of rotatable bonds is 8. The molecule has 1 amide bonds. The number of nitrogens with zero attached hydrogens (tertiary/aromatic N) is 1. The third-order valence-electron chi connectivity index (χ3n) is 3.18. The van der Waals surface area contributed by atoms with Gasteiger partial charge in [-0.05, 0) is 19.0 Å². The first-order valence-electron chi connectivity index (χ1n) is 6.32. The van der Waals surface area contributed by atoms with Gasteiger partial charge in [0.05, 0.1) is 6.04 Å². The predicted octanol–water partition coefficient (Wildman–Crippen LogP) is 0.818. The summed E-state index contributed by atoms with van der Waals surface area (Å²) in [6.45, 7) is 11.9. The zero-order valence-corrected chi connectivity index (χ0v) is 11.1. The minimum Gasteiger partial charge on any atom is -0.353 e. The molecule has 0 saturated heterocycles. The van der Waals surface area contributed by atoms with E-state index in [-0.39, 0.29) is 17.9 Å². The van der Waals surface area contributed by atoms with Gasteiger partial charge in [0.2, 0.25) is 5.91 Å². The van der Waals surface area contributed by atoms with Crippen LogP contribution in [0.5, 0.6) is 0 Å². The molecular weight excluding hydrogens is 202 g/mol. The number of hydrogen-bond donors (Lipinski definition) is 2. The molecule has 0 radical (unpaired) electrons. The van der Waals surface area contributed by atoms with E-state index in [9.17, 15) is 4.79 Å². The van der Waals surface area contributed by atoms with Gasteiger partial charge < -0.3 is 16.0 Å². The summed E-state index contributed by atoms with van der Waals surface area (Å²) in [6, 6.07) is -0.373. The maximum absolute atomic E-state index is 11.6. The molecule has 0 rings (SSSR count). The van der Waals surface area contributed by atoms with Crippen molar-refractivity contribution in [3.05, 3.63) is 0 Å². The van der Waals surface area contributed by atoms with Gasteiger partial charge in [0.25, 0.3) is 0 Å². The highest BCUT2D eigenvalue weighted by molar-refractivity contribution is 5.81. The Balaban J connectivity index is 3.80. The van der Waals surface area contributed by atoms with E-state index in [1.54, 1.807) is 0 Å². The fourth-order valence-electron chi connectivity index (χ4n) is 1.51. The minimum atomic E-state index is -0.373. The van der Waals surface area contributed by atoms with E-state index < -0.39 is 0 Å². The summed E-state index contributed by atoms with van der Waals surface area (Å²) in [5.74, 6) is 0.218. The van der Waals surface area contributed by atoms with Crippen LogP contribution in [-0.4, -0.2) is 43.0 Å². The first-order valence-corrected chi connectivity index (χ1v) is 6.32. The monoisotopic (exact) mass is 229 g/mol. The van der Waals surface area contributed by atoms with E-state index in [1.807, 2.05) is 13.8 Å². The van der Waals surface area contributed by atoms with Gasteiger partial charge in [0.15, 0.2) is 0 Å². The van der Waals surface area contributed by atoms with Crippen molar-refractivity contribution in [3.8, 4) is 0 Å². The van der Waals surface area contributed by atoms with Crippen LogP contribution in [0, 0.1) is 5.92 Å². The SMILES string of the molecule is CCC(C)C(N)C(=O)NCCN(CC)CC. The molecule has 0 aliphatic rings. The van der Waals surface area contributed by atoms with Crippen molar-refractivity contribution in [1.82, 2.24) is 10.2 Å². The summed E-state index contributed by atoms with van der Waals surface area (Å²) in [5, 5.41) is 2.89. The van der Waals surface area contributed by atoms with Gasteiger partial charge in [-0.1, -0.05) is 34.1 Å². The Morgan fingerprint density at radius 3 is 2.31 bits per heavy atom. The Kier molecular flexibility index (Phi) is 8.21. The number of nitrogens with one attached hydrogen (secondary N) is 1. The maximum atomic E-state index is 11.6. The van der Waals surface area contributed by atoms with Crippen molar-refractivity contribution >= 4 is 5.91 Å². The zero-order valence-electron chi connectivity index (χ0n) is 11.1. The molecule has 0 aliphatic carbocycles. The smallest absolute Gasteiger partial charge is 0.237 e. The number of carbonyl (C=O) groups is 1. The van der Waals surface area contributed by atoms with Crippen molar-refractivity contribution in [2.75, 3.05) is 26.2 Å². The average Bonchev–Trinajstić information content (AvgIpc) is 2.32. The summed E-state index contributed by atoms with van der Waals surface area (Å²) in [4.78, 5) is 13.9. The van der Waals surface area contributed by atoms with Crippen LogP contribution in [0.4, 0.5) is 0 Å². The Morgan fingerprint density at radius 1 is 1.31 bits per heavy atom. The van der Waals surface area contributed by atoms with Crippen molar-refractivity contribution in [3.63, 3.8) is 0 Å². The second kappa shape index (κ2) is 8.53. The molecule has 0 aliphatic heterocycles. The first-order chi connectivity index (χ1) is 7.56. The van der Waals surface area contributed by atoms with Crippen LogP contribution in [0.1, 0.15) is 34.1 Å². The molecular formula is C12H27N3O. The summed E-state index contributed by atoms with van der Waals surface area (Å²) < 4.78 is 0. The molecule has 0 heterocycles. The van der Waals surface area contributed by atoms with E-state index >= 15 is 0 Å². The lowest BCUT2D eigenvalue weighted by Crippen LogP contribution is -2.46. The van der Waals surface area contributed by atoms with Crippen LogP contribution < -0.4 is 11.1 Å². The molecule has 2 atom stereocenters.